The second-order valence-corrected chi connectivity index (χ2v) is 2.82. The van der Waals surface area contributed by atoms with Gasteiger partial charge in [0.1, 0.15) is 0 Å². The Bertz CT molecular complexity index is 157. The molecule has 0 aliphatic heterocycles. The second-order valence-electron chi connectivity index (χ2n) is 2.33. The van der Waals surface area contributed by atoms with Gasteiger partial charge in [0.2, 0.25) is 0 Å². The van der Waals surface area contributed by atoms with Crippen molar-refractivity contribution in [2.45, 2.75) is 32.6 Å². The Morgan fingerprint density at radius 2 is 2.17 bits per heavy atom. The van der Waals surface area contributed by atoms with Gasteiger partial charge in [0.25, 0.3) is 0 Å². The van der Waals surface area contributed by atoms with Gasteiger partial charge < -0.3 is 9.90 Å². The fourth-order valence-electron chi connectivity index (χ4n) is 0.642. The molecule has 0 aliphatic carbocycles. The van der Waals surface area contributed by atoms with Gasteiger partial charge in [-0.3, -0.25) is 0 Å². The number of aliphatic carboxylic acids is 1. The number of carboxylic acid groups (broad SMARTS) is 1. The van der Waals surface area contributed by atoms with E-state index in [9.17, 15) is 9.90 Å². The van der Waals surface area contributed by atoms with E-state index in [4.69, 9.17) is 11.6 Å². The van der Waals surface area contributed by atoms with Gasteiger partial charge in [0, 0.05) is 17.4 Å². The molecule has 0 aromatic heterocycles. The molecule has 2 nitrogen and oxygen atoms in total. The topological polar surface area (TPSA) is 40.1 Å². The van der Waals surface area contributed by atoms with Gasteiger partial charge in [-0.15, -0.1) is 0 Å². The fraction of sp³-hybridized carbons (Fsp3) is 0.625. The average Bonchev–Trinajstić information content (AvgIpc) is 1.97. The van der Waals surface area contributed by atoms with Crippen molar-refractivity contribution in [2.24, 2.45) is 0 Å². The Hall–Kier alpha value is 1.14. The summed E-state index contributed by atoms with van der Waals surface area (Å²) in [6, 6.07) is 0. The summed E-state index contributed by atoms with van der Waals surface area (Å²) in [4.78, 5) is 9.96. The third-order valence-electron chi connectivity index (χ3n) is 1.26. The fourth-order valence-corrected chi connectivity index (χ4v) is 0.853. The maximum atomic E-state index is 9.96. The maximum Gasteiger partial charge on any atom is 1.00 e. The Kier molecular flexibility index (Phi) is 13.3. The van der Waals surface area contributed by atoms with Gasteiger partial charge in [-0.2, -0.15) is 0 Å². The van der Waals surface area contributed by atoms with Crippen LogP contribution >= 0.6 is 11.6 Å². The first kappa shape index (κ1) is 15.6. The van der Waals surface area contributed by atoms with Crippen LogP contribution in [-0.2, 0) is 4.79 Å². The summed E-state index contributed by atoms with van der Waals surface area (Å²) in [6.45, 7) is 2.06. The van der Waals surface area contributed by atoms with E-state index in [-0.39, 0.29) is 57.8 Å². The van der Waals surface area contributed by atoms with Crippen LogP contribution in [-0.4, -0.2) is 5.97 Å². The molecule has 0 N–H and O–H groups in total. The van der Waals surface area contributed by atoms with Crippen LogP contribution in [0.3, 0.4) is 0 Å². The molecule has 0 amide bonds. The smallest absolute Gasteiger partial charge is 0.550 e. The molecule has 0 spiro atoms. The van der Waals surface area contributed by atoms with Crippen molar-refractivity contribution in [3.63, 3.8) is 0 Å². The van der Waals surface area contributed by atoms with Crippen LogP contribution in [0.15, 0.2) is 11.1 Å². The van der Waals surface area contributed by atoms with E-state index < -0.39 is 5.97 Å². The van der Waals surface area contributed by atoms with Crippen LogP contribution in [0, 0.1) is 0 Å². The Morgan fingerprint density at radius 1 is 1.58 bits per heavy atom. The molecule has 0 aromatic carbocycles. The van der Waals surface area contributed by atoms with Crippen molar-refractivity contribution in [2.75, 3.05) is 0 Å². The molecule has 0 unspecified atom stereocenters. The molecular formula is C8H12ClKO2. The predicted molar refractivity (Wildman–Crippen MR) is 43.1 cm³/mol. The molecule has 0 radical (unpaired) electrons. The SMILES string of the molecule is CCCC/C(Cl)=C/CC(=O)[O-].[K+]. The molecule has 4 heteroatoms. The van der Waals surface area contributed by atoms with E-state index in [1.165, 1.54) is 6.08 Å². The number of rotatable bonds is 5. The molecule has 64 valence electrons. The number of hydrogen-bond acceptors (Lipinski definition) is 2. The standard InChI is InChI=1S/C8H13ClO2.K/c1-2-3-4-7(9)5-6-8(10)11;/h5H,2-4,6H2,1H3,(H,10,11);/q;+1/p-1/b7-5-;. The molecule has 0 saturated heterocycles. The van der Waals surface area contributed by atoms with E-state index in [1.807, 2.05) is 0 Å². The maximum absolute atomic E-state index is 9.96. The molecule has 0 aliphatic rings. The minimum absolute atomic E-state index is 0. The van der Waals surface area contributed by atoms with Crippen molar-refractivity contribution in [3.8, 4) is 0 Å². The molecule has 0 rings (SSSR count). The Balaban J connectivity index is 0. The number of carbonyl (C=O) groups is 1. The summed E-state index contributed by atoms with van der Waals surface area (Å²) in [6.07, 6.45) is 4.25. The number of carboxylic acids is 1. The summed E-state index contributed by atoms with van der Waals surface area (Å²) in [5.41, 5.74) is 0. The summed E-state index contributed by atoms with van der Waals surface area (Å²) in [7, 11) is 0. The van der Waals surface area contributed by atoms with E-state index in [0.29, 0.717) is 5.03 Å². The van der Waals surface area contributed by atoms with Crippen molar-refractivity contribution in [1.82, 2.24) is 0 Å². The van der Waals surface area contributed by atoms with E-state index in [2.05, 4.69) is 6.92 Å². The zero-order valence-corrected chi connectivity index (χ0v) is 11.5. The first-order valence-electron chi connectivity index (χ1n) is 3.71. The minimum atomic E-state index is -1.08. The van der Waals surface area contributed by atoms with Gasteiger partial charge in [-0.25, -0.2) is 0 Å². The summed E-state index contributed by atoms with van der Waals surface area (Å²) >= 11 is 5.67. The molecule has 12 heavy (non-hydrogen) atoms. The van der Waals surface area contributed by atoms with E-state index in [0.717, 1.165) is 19.3 Å². The number of unbranched alkanes of at least 4 members (excludes halogenated alkanes) is 1. The van der Waals surface area contributed by atoms with Gasteiger partial charge in [-0.1, -0.05) is 31.0 Å². The zero-order valence-electron chi connectivity index (χ0n) is 7.60. The quantitative estimate of drug-likeness (QED) is 0.520. The van der Waals surface area contributed by atoms with Gasteiger partial charge in [0.15, 0.2) is 0 Å². The first-order valence-corrected chi connectivity index (χ1v) is 4.09. The van der Waals surface area contributed by atoms with Crippen LogP contribution in [0.25, 0.3) is 0 Å². The molecule has 0 saturated carbocycles. The monoisotopic (exact) mass is 214 g/mol. The third-order valence-corrected chi connectivity index (χ3v) is 1.60. The Morgan fingerprint density at radius 3 is 2.58 bits per heavy atom. The molecular weight excluding hydrogens is 203 g/mol. The summed E-state index contributed by atoms with van der Waals surface area (Å²) in [5, 5.41) is 10.6. The van der Waals surface area contributed by atoms with Crippen molar-refractivity contribution < 1.29 is 61.3 Å². The second kappa shape index (κ2) is 10.2. The number of halogens is 1. The van der Waals surface area contributed by atoms with Gasteiger partial charge in [0.05, 0.1) is 0 Å². The molecule has 0 heterocycles. The molecule has 0 bridgehead atoms. The number of hydrogen-bond donors (Lipinski definition) is 0. The zero-order chi connectivity index (χ0) is 8.69. The molecule has 0 atom stereocenters. The third kappa shape index (κ3) is 11.1. The van der Waals surface area contributed by atoms with Crippen molar-refractivity contribution in [1.29, 1.82) is 0 Å². The van der Waals surface area contributed by atoms with Gasteiger partial charge >= 0.3 is 51.4 Å². The van der Waals surface area contributed by atoms with Crippen molar-refractivity contribution in [3.05, 3.63) is 11.1 Å². The number of carbonyl (C=O) groups excluding carboxylic acids is 1. The molecule has 0 aromatic rings. The van der Waals surface area contributed by atoms with E-state index in [1.54, 1.807) is 0 Å². The summed E-state index contributed by atoms with van der Waals surface area (Å²) < 4.78 is 0. The normalized spacial score (nSPS) is 10.7. The van der Waals surface area contributed by atoms with Crippen LogP contribution in [0.1, 0.15) is 32.6 Å². The molecule has 0 fully saturated rings. The summed E-state index contributed by atoms with van der Waals surface area (Å²) in [5.74, 6) is -1.08. The van der Waals surface area contributed by atoms with Crippen LogP contribution in [0.4, 0.5) is 0 Å². The van der Waals surface area contributed by atoms with Crippen LogP contribution < -0.4 is 56.5 Å². The van der Waals surface area contributed by atoms with E-state index >= 15 is 0 Å². The van der Waals surface area contributed by atoms with Crippen LogP contribution in [0.2, 0.25) is 0 Å². The first-order chi connectivity index (χ1) is 5.16. The Labute approximate surface area is 121 Å². The van der Waals surface area contributed by atoms with Crippen molar-refractivity contribution >= 4 is 17.6 Å². The number of allylic oxidation sites excluding steroid dienone is 1. The van der Waals surface area contributed by atoms with Gasteiger partial charge in [-0.05, 0) is 12.8 Å². The largest absolute Gasteiger partial charge is 1.00 e. The van der Waals surface area contributed by atoms with Crippen LogP contribution in [0.5, 0.6) is 0 Å². The predicted octanol–water partition coefficient (Wildman–Crippen LogP) is -1.56. The average molecular weight is 215 g/mol. The minimum Gasteiger partial charge on any atom is -0.550 e.